The normalized spacial score (nSPS) is 24.1. The molecular formula is C20H25N3O3S. The van der Waals surface area contributed by atoms with Crippen molar-refractivity contribution in [2.24, 2.45) is 0 Å². The van der Waals surface area contributed by atoms with Gasteiger partial charge in [0.1, 0.15) is 5.54 Å². The lowest BCUT2D eigenvalue weighted by Gasteiger charge is -2.24. The van der Waals surface area contributed by atoms with E-state index in [1.165, 1.54) is 4.90 Å². The first kappa shape index (κ1) is 18.3. The number of thioether (sulfide) groups is 1. The molecule has 1 aromatic carbocycles. The Morgan fingerprint density at radius 1 is 1.26 bits per heavy atom. The van der Waals surface area contributed by atoms with Gasteiger partial charge in [-0.1, -0.05) is 31.9 Å². The van der Waals surface area contributed by atoms with Crippen LogP contribution in [0.25, 0.3) is 0 Å². The standard InChI is InChI=1S/C20H25N3O3S/c1-14-8-12-22(15-6-2-3-7-16(15)27-14)17(24)9-13-23-18(25)20(21-19(23)26)10-4-5-11-20/h2-3,6-7,14H,4-5,8-13H2,1H3,(H,21,26). The third-order valence-electron chi connectivity index (χ3n) is 5.80. The Bertz CT molecular complexity index is 775. The minimum absolute atomic E-state index is 0.0369. The highest BCUT2D eigenvalue weighted by Crippen LogP contribution is 2.38. The summed E-state index contributed by atoms with van der Waals surface area (Å²) < 4.78 is 0. The maximum absolute atomic E-state index is 13.0. The van der Waals surface area contributed by atoms with Crippen molar-refractivity contribution in [1.29, 1.82) is 0 Å². The summed E-state index contributed by atoms with van der Waals surface area (Å²) in [6.07, 6.45) is 4.39. The molecule has 1 aromatic rings. The van der Waals surface area contributed by atoms with Crippen molar-refractivity contribution in [3.8, 4) is 0 Å². The highest BCUT2D eigenvalue weighted by molar-refractivity contribution is 8.00. The van der Waals surface area contributed by atoms with Crippen LogP contribution in [0.1, 0.15) is 45.4 Å². The third-order valence-corrected chi connectivity index (χ3v) is 7.03. The summed E-state index contributed by atoms with van der Waals surface area (Å²) in [6.45, 7) is 2.98. The Balaban J connectivity index is 1.45. The van der Waals surface area contributed by atoms with E-state index in [0.717, 1.165) is 29.8 Å². The Labute approximate surface area is 163 Å². The smallest absolute Gasteiger partial charge is 0.323 e. The first-order chi connectivity index (χ1) is 13.0. The van der Waals surface area contributed by atoms with Gasteiger partial charge in [-0.05, 0) is 31.4 Å². The van der Waals surface area contributed by atoms with Crippen LogP contribution in [0.5, 0.6) is 0 Å². The molecule has 1 spiro atoms. The molecule has 27 heavy (non-hydrogen) atoms. The Kier molecular flexibility index (Phi) is 4.88. The molecule has 2 aliphatic heterocycles. The minimum atomic E-state index is -0.707. The predicted molar refractivity (Wildman–Crippen MR) is 105 cm³/mol. The summed E-state index contributed by atoms with van der Waals surface area (Å²) in [7, 11) is 0. The largest absolute Gasteiger partial charge is 0.325 e. The first-order valence-electron chi connectivity index (χ1n) is 9.70. The number of hydrogen-bond donors (Lipinski definition) is 1. The molecule has 2 heterocycles. The molecule has 7 heteroatoms. The molecule has 4 rings (SSSR count). The number of hydrogen-bond acceptors (Lipinski definition) is 4. The van der Waals surface area contributed by atoms with Crippen molar-refractivity contribution >= 4 is 35.3 Å². The van der Waals surface area contributed by atoms with Gasteiger partial charge in [0.2, 0.25) is 5.91 Å². The molecule has 1 atom stereocenters. The zero-order valence-corrected chi connectivity index (χ0v) is 16.4. The van der Waals surface area contributed by atoms with E-state index in [1.54, 1.807) is 11.8 Å². The van der Waals surface area contributed by atoms with Crippen molar-refractivity contribution in [3.63, 3.8) is 0 Å². The zero-order valence-electron chi connectivity index (χ0n) is 15.6. The summed E-state index contributed by atoms with van der Waals surface area (Å²) >= 11 is 1.79. The van der Waals surface area contributed by atoms with Crippen LogP contribution in [0, 0.1) is 0 Å². The van der Waals surface area contributed by atoms with E-state index in [2.05, 4.69) is 12.2 Å². The number of carbonyl (C=O) groups is 3. The second-order valence-corrected chi connectivity index (χ2v) is 9.14. The average molecular weight is 388 g/mol. The number of benzene rings is 1. The van der Waals surface area contributed by atoms with Crippen LogP contribution in [0.15, 0.2) is 29.2 Å². The summed E-state index contributed by atoms with van der Waals surface area (Å²) in [4.78, 5) is 42.1. The van der Waals surface area contributed by atoms with Gasteiger partial charge in [-0.3, -0.25) is 14.5 Å². The minimum Gasteiger partial charge on any atom is -0.323 e. The van der Waals surface area contributed by atoms with E-state index in [9.17, 15) is 14.4 Å². The fourth-order valence-corrected chi connectivity index (χ4v) is 5.40. The molecular weight excluding hydrogens is 362 g/mol. The molecule has 0 radical (unpaired) electrons. The number of nitrogens with zero attached hydrogens (tertiary/aromatic N) is 2. The summed E-state index contributed by atoms with van der Waals surface area (Å²) in [5, 5.41) is 3.31. The van der Waals surface area contributed by atoms with Crippen molar-refractivity contribution in [2.75, 3.05) is 18.0 Å². The number of carbonyl (C=O) groups excluding carboxylic acids is 3. The zero-order chi connectivity index (χ0) is 19.0. The van der Waals surface area contributed by atoms with E-state index in [-0.39, 0.29) is 30.8 Å². The van der Waals surface area contributed by atoms with Crippen molar-refractivity contribution < 1.29 is 14.4 Å². The Morgan fingerprint density at radius 2 is 2.00 bits per heavy atom. The van der Waals surface area contributed by atoms with Crippen LogP contribution in [-0.4, -0.2) is 46.6 Å². The maximum Gasteiger partial charge on any atom is 0.325 e. The SMILES string of the molecule is CC1CCN(C(=O)CCN2C(=O)NC3(CCCC3)C2=O)c2ccccc2S1. The van der Waals surface area contributed by atoms with Crippen LogP contribution < -0.4 is 10.2 Å². The number of fused-ring (bicyclic) bond motifs is 1. The lowest BCUT2D eigenvalue weighted by molar-refractivity contribution is -0.131. The Morgan fingerprint density at radius 3 is 2.78 bits per heavy atom. The summed E-state index contributed by atoms with van der Waals surface area (Å²) in [5.41, 5.74) is 0.225. The van der Waals surface area contributed by atoms with Crippen LogP contribution >= 0.6 is 11.8 Å². The van der Waals surface area contributed by atoms with Gasteiger partial charge in [0, 0.05) is 29.7 Å². The molecule has 2 fully saturated rings. The van der Waals surface area contributed by atoms with E-state index in [0.29, 0.717) is 24.6 Å². The van der Waals surface area contributed by atoms with Crippen LogP contribution in [0.3, 0.4) is 0 Å². The molecule has 0 bridgehead atoms. The highest BCUT2D eigenvalue weighted by Gasteiger charge is 2.52. The number of nitrogens with one attached hydrogen (secondary N) is 1. The van der Waals surface area contributed by atoms with Gasteiger partial charge >= 0.3 is 6.03 Å². The fourth-order valence-electron chi connectivity index (χ4n) is 4.29. The van der Waals surface area contributed by atoms with Crippen molar-refractivity contribution in [1.82, 2.24) is 10.2 Å². The lowest BCUT2D eigenvalue weighted by atomic mass is 9.98. The molecule has 3 aliphatic rings. The fraction of sp³-hybridized carbons (Fsp3) is 0.550. The molecule has 6 nitrogen and oxygen atoms in total. The number of amides is 4. The number of imide groups is 1. The molecule has 1 N–H and O–H groups in total. The monoisotopic (exact) mass is 387 g/mol. The molecule has 1 aliphatic carbocycles. The van der Waals surface area contributed by atoms with E-state index in [4.69, 9.17) is 0 Å². The number of rotatable bonds is 3. The summed E-state index contributed by atoms with van der Waals surface area (Å²) in [5.74, 6) is -0.191. The molecule has 1 saturated heterocycles. The molecule has 144 valence electrons. The third kappa shape index (κ3) is 3.33. The summed E-state index contributed by atoms with van der Waals surface area (Å²) in [6, 6.07) is 7.59. The molecule has 1 saturated carbocycles. The highest BCUT2D eigenvalue weighted by atomic mass is 32.2. The maximum atomic E-state index is 13.0. The lowest BCUT2D eigenvalue weighted by Crippen LogP contribution is -2.44. The topological polar surface area (TPSA) is 69.7 Å². The quantitative estimate of drug-likeness (QED) is 0.809. The van der Waals surface area contributed by atoms with Gasteiger partial charge in [0.15, 0.2) is 0 Å². The van der Waals surface area contributed by atoms with Crippen LogP contribution in [-0.2, 0) is 9.59 Å². The number of urea groups is 1. The van der Waals surface area contributed by atoms with Gasteiger partial charge < -0.3 is 10.2 Å². The van der Waals surface area contributed by atoms with Crippen LogP contribution in [0.2, 0.25) is 0 Å². The molecule has 0 aromatic heterocycles. The van der Waals surface area contributed by atoms with Gasteiger partial charge in [-0.2, -0.15) is 0 Å². The second kappa shape index (κ2) is 7.19. The second-order valence-electron chi connectivity index (χ2n) is 7.66. The number of para-hydroxylation sites is 1. The first-order valence-corrected chi connectivity index (χ1v) is 10.6. The molecule has 4 amide bonds. The van der Waals surface area contributed by atoms with Gasteiger partial charge in [0.25, 0.3) is 5.91 Å². The number of anilines is 1. The van der Waals surface area contributed by atoms with Gasteiger partial charge in [-0.25, -0.2) is 4.79 Å². The van der Waals surface area contributed by atoms with E-state index < -0.39 is 5.54 Å². The van der Waals surface area contributed by atoms with Gasteiger partial charge in [-0.15, -0.1) is 11.8 Å². The van der Waals surface area contributed by atoms with Crippen molar-refractivity contribution in [3.05, 3.63) is 24.3 Å². The van der Waals surface area contributed by atoms with E-state index in [1.807, 2.05) is 29.2 Å². The van der Waals surface area contributed by atoms with Gasteiger partial charge in [0.05, 0.1) is 5.69 Å². The predicted octanol–water partition coefficient (Wildman–Crippen LogP) is 3.16. The van der Waals surface area contributed by atoms with E-state index >= 15 is 0 Å². The van der Waals surface area contributed by atoms with Crippen molar-refractivity contribution in [2.45, 2.75) is 61.1 Å². The van der Waals surface area contributed by atoms with Crippen LogP contribution in [0.4, 0.5) is 10.5 Å². The average Bonchev–Trinajstić information content (AvgIpc) is 3.15. The molecule has 1 unspecified atom stereocenters. The Hall–Kier alpha value is -2.02.